The van der Waals surface area contributed by atoms with E-state index in [1.807, 2.05) is 6.92 Å². The normalized spacial score (nSPS) is 19.6. The number of thioether (sulfide) groups is 1. The van der Waals surface area contributed by atoms with Crippen molar-refractivity contribution in [1.82, 2.24) is 0 Å². The third-order valence-electron chi connectivity index (χ3n) is 2.88. The number of hydrogen-bond donors (Lipinski definition) is 0. The highest BCUT2D eigenvalue weighted by Gasteiger charge is 2.35. The number of carbonyl (C=O) groups excluding carboxylic acids is 1. The van der Waals surface area contributed by atoms with Crippen LogP contribution in [0.2, 0.25) is 0 Å². The highest BCUT2D eigenvalue weighted by atomic mass is 32.2. The van der Waals surface area contributed by atoms with Crippen LogP contribution in [-0.4, -0.2) is 9.86 Å². The number of hydrogen-bond acceptors (Lipinski definition) is 2. The van der Waals surface area contributed by atoms with Gasteiger partial charge in [0.1, 0.15) is 0 Å². The van der Waals surface area contributed by atoms with Crippen LogP contribution in [0.4, 0.5) is 0 Å². The van der Waals surface area contributed by atoms with Crippen molar-refractivity contribution in [1.29, 1.82) is 0 Å². The first-order valence-corrected chi connectivity index (χ1v) is 6.30. The van der Waals surface area contributed by atoms with Crippen molar-refractivity contribution in [3.05, 3.63) is 12.2 Å². The van der Waals surface area contributed by atoms with Crippen LogP contribution in [-0.2, 0) is 4.79 Å². The summed E-state index contributed by atoms with van der Waals surface area (Å²) in [6.07, 6.45) is 7.36. The molecule has 1 fully saturated rings. The third kappa shape index (κ3) is 2.88. The van der Waals surface area contributed by atoms with Gasteiger partial charge in [-0.25, -0.2) is 0 Å². The molecule has 0 aromatic rings. The van der Waals surface area contributed by atoms with E-state index in [-0.39, 0.29) is 9.86 Å². The van der Waals surface area contributed by atoms with Gasteiger partial charge in [-0.15, -0.1) is 0 Å². The Balaban J connectivity index is 2.59. The molecule has 0 aromatic heterocycles. The Morgan fingerprint density at radius 3 is 2.43 bits per heavy atom. The summed E-state index contributed by atoms with van der Waals surface area (Å²) in [6.45, 7) is 7.73. The first kappa shape index (κ1) is 11.8. The second-order valence-corrected chi connectivity index (χ2v) is 5.75. The Hall–Kier alpha value is -0.240. The van der Waals surface area contributed by atoms with Crippen molar-refractivity contribution >= 4 is 16.9 Å². The lowest BCUT2D eigenvalue weighted by Gasteiger charge is -2.26. The molecule has 1 aliphatic rings. The van der Waals surface area contributed by atoms with E-state index >= 15 is 0 Å². The first-order valence-electron chi connectivity index (χ1n) is 5.48. The van der Waals surface area contributed by atoms with E-state index in [9.17, 15) is 4.79 Å². The van der Waals surface area contributed by atoms with Crippen molar-refractivity contribution in [2.75, 3.05) is 0 Å². The monoisotopic (exact) mass is 212 g/mol. The summed E-state index contributed by atoms with van der Waals surface area (Å²) in [5, 5.41) is 0.195. The standard InChI is InChI=1S/C12H20OS/c1-4-7-12(8-5-6-9-12)14-11(13)10(2)3/h2,4-9H2,1,3H3. The van der Waals surface area contributed by atoms with Crippen LogP contribution in [0, 0.1) is 0 Å². The van der Waals surface area contributed by atoms with Crippen molar-refractivity contribution in [2.45, 2.75) is 57.1 Å². The van der Waals surface area contributed by atoms with Gasteiger partial charge in [0.2, 0.25) is 5.12 Å². The molecule has 1 rings (SSSR count). The minimum absolute atomic E-state index is 0.195. The van der Waals surface area contributed by atoms with Crippen LogP contribution in [0.25, 0.3) is 0 Å². The van der Waals surface area contributed by atoms with Gasteiger partial charge >= 0.3 is 0 Å². The molecule has 0 saturated heterocycles. The maximum atomic E-state index is 11.6. The van der Waals surface area contributed by atoms with Crippen molar-refractivity contribution in [3.63, 3.8) is 0 Å². The molecule has 0 amide bonds. The molecule has 14 heavy (non-hydrogen) atoms. The maximum absolute atomic E-state index is 11.6. The van der Waals surface area contributed by atoms with Crippen LogP contribution >= 0.6 is 11.8 Å². The lowest BCUT2D eigenvalue weighted by Crippen LogP contribution is -2.22. The molecule has 0 spiro atoms. The highest BCUT2D eigenvalue weighted by Crippen LogP contribution is 2.45. The molecular formula is C12H20OS. The van der Waals surface area contributed by atoms with Crippen LogP contribution in [0.3, 0.4) is 0 Å². The molecule has 0 N–H and O–H groups in total. The fourth-order valence-corrected chi connectivity index (χ4v) is 3.53. The van der Waals surface area contributed by atoms with E-state index in [1.165, 1.54) is 38.5 Å². The van der Waals surface area contributed by atoms with E-state index in [0.717, 1.165) is 0 Å². The van der Waals surface area contributed by atoms with E-state index in [4.69, 9.17) is 0 Å². The Labute approximate surface area is 91.3 Å². The van der Waals surface area contributed by atoms with E-state index in [0.29, 0.717) is 5.57 Å². The fourth-order valence-electron chi connectivity index (χ4n) is 2.16. The summed E-state index contributed by atoms with van der Waals surface area (Å²) in [6, 6.07) is 0. The molecule has 0 heterocycles. The van der Waals surface area contributed by atoms with Gasteiger partial charge in [0.25, 0.3) is 0 Å². The maximum Gasteiger partial charge on any atom is 0.214 e. The molecule has 1 aliphatic carbocycles. The smallest absolute Gasteiger partial charge is 0.214 e. The summed E-state index contributed by atoms with van der Waals surface area (Å²) < 4.78 is 0.255. The zero-order valence-electron chi connectivity index (χ0n) is 9.27. The summed E-state index contributed by atoms with van der Waals surface area (Å²) in [5.74, 6) is 0. The van der Waals surface area contributed by atoms with Gasteiger partial charge in [0, 0.05) is 4.75 Å². The average molecular weight is 212 g/mol. The zero-order valence-corrected chi connectivity index (χ0v) is 10.1. The lowest BCUT2D eigenvalue weighted by atomic mass is 10.0. The molecule has 0 aliphatic heterocycles. The van der Waals surface area contributed by atoms with Gasteiger partial charge in [-0.2, -0.15) is 0 Å². The molecule has 0 radical (unpaired) electrons. The highest BCUT2D eigenvalue weighted by molar-refractivity contribution is 8.15. The van der Waals surface area contributed by atoms with E-state index in [1.54, 1.807) is 11.8 Å². The van der Waals surface area contributed by atoms with Crippen molar-refractivity contribution in [2.24, 2.45) is 0 Å². The van der Waals surface area contributed by atoms with E-state index in [2.05, 4.69) is 13.5 Å². The molecule has 0 atom stereocenters. The molecule has 0 aromatic carbocycles. The topological polar surface area (TPSA) is 17.1 Å². The summed E-state index contributed by atoms with van der Waals surface area (Å²) in [4.78, 5) is 11.6. The second-order valence-electron chi connectivity index (χ2n) is 4.31. The molecule has 0 bridgehead atoms. The first-order chi connectivity index (χ1) is 6.59. The predicted molar refractivity (Wildman–Crippen MR) is 63.5 cm³/mol. The predicted octanol–water partition coefficient (Wildman–Crippen LogP) is 3.94. The van der Waals surface area contributed by atoms with Gasteiger partial charge < -0.3 is 0 Å². The van der Waals surface area contributed by atoms with Crippen molar-refractivity contribution in [3.8, 4) is 0 Å². The Morgan fingerprint density at radius 1 is 1.43 bits per heavy atom. The van der Waals surface area contributed by atoms with Gasteiger partial charge in [-0.3, -0.25) is 4.79 Å². The van der Waals surface area contributed by atoms with Crippen LogP contribution in [0.1, 0.15) is 52.4 Å². The zero-order chi connectivity index (χ0) is 10.6. The molecule has 80 valence electrons. The Bertz CT molecular complexity index is 226. The molecule has 1 saturated carbocycles. The molecule has 2 heteroatoms. The van der Waals surface area contributed by atoms with Crippen LogP contribution in [0.5, 0.6) is 0 Å². The van der Waals surface area contributed by atoms with Crippen LogP contribution in [0.15, 0.2) is 12.2 Å². The Kier molecular flexibility index (Phi) is 4.24. The number of rotatable bonds is 4. The summed E-state index contributed by atoms with van der Waals surface area (Å²) in [7, 11) is 0. The van der Waals surface area contributed by atoms with Crippen molar-refractivity contribution < 1.29 is 4.79 Å². The third-order valence-corrected chi connectivity index (χ3v) is 4.46. The summed E-state index contributed by atoms with van der Waals surface area (Å²) >= 11 is 1.55. The minimum Gasteiger partial charge on any atom is -0.282 e. The van der Waals surface area contributed by atoms with Gasteiger partial charge in [-0.1, -0.05) is 44.5 Å². The molecule has 0 unspecified atom stereocenters. The molecule has 1 nitrogen and oxygen atoms in total. The second kappa shape index (κ2) is 5.01. The molecular weight excluding hydrogens is 192 g/mol. The summed E-state index contributed by atoms with van der Waals surface area (Å²) in [5.41, 5.74) is 0.692. The van der Waals surface area contributed by atoms with Gasteiger partial charge in [-0.05, 0) is 31.8 Å². The largest absolute Gasteiger partial charge is 0.282 e. The SMILES string of the molecule is C=C(C)C(=O)SC1(CCC)CCCC1. The van der Waals surface area contributed by atoms with E-state index < -0.39 is 0 Å². The Morgan fingerprint density at radius 2 is 2.00 bits per heavy atom. The number of carbonyl (C=O) groups is 1. The average Bonchev–Trinajstić information content (AvgIpc) is 2.54. The quantitative estimate of drug-likeness (QED) is 0.657. The van der Waals surface area contributed by atoms with Gasteiger partial charge in [0.05, 0.1) is 0 Å². The van der Waals surface area contributed by atoms with Gasteiger partial charge in [0.15, 0.2) is 0 Å². The minimum atomic E-state index is 0.195. The lowest BCUT2D eigenvalue weighted by molar-refractivity contribution is -0.107. The van der Waals surface area contributed by atoms with Crippen LogP contribution < -0.4 is 0 Å². The fraction of sp³-hybridized carbons (Fsp3) is 0.750.